The van der Waals surface area contributed by atoms with Gasteiger partial charge in [-0.3, -0.25) is 14.6 Å². The number of nitrogens with zero attached hydrogens (tertiary/aromatic N) is 3. The Balaban J connectivity index is 1.25. The fourth-order valence-corrected chi connectivity index (χ4v) is 6.90. The Morgan fingerprint density at radius 1 is 0.976 bits per heavy atom. The second-order valence-corrected chi connectivity index (χ2v) is 11.5. The maximum atomic E-state index is 13.1. The number of thiophene rings is 1. The van der Waals surface area contributed by atoms with Crippen molar-refractivity contribution in [2.45, 2.75) is 38.1 Å². The van der Waals surface area contributed by atoms with Gasteiger partial charge in [0.05, 0.1) is 23.0 Å². The number of anilines is 2. The highest BCUT2D eigenvalue weighted by atomic mass is 32.1. The molecule has 7 nitrogen and oxygen atoms in total. The lowest BCUT2D eigenvalue weighted by atomic mass is 9.95. The molecule has 3 aromatic carbocycles. The zero-order valence-corrected chi connectivity index (χ0v) is 23.7. The van der Waals surface area contributed by atoms with Gasteiger partial charge in [-0.15, -0.1) is 11.3 Å². The third-order valence-electron chi connectivity index (χ3n) is 7.68. The van der Waals surface area contributed by atoms with Crippen molar-refractivity contribution in [3.63, 3.8) is 0 Å². The molecule has 1 atom stereocenters. The Hall–Kier alpha value is -5.00. The SMILES string of the molecule is N#CC(=Cc1ccc(N2N=C(c3ccccc3)CC2c2ccccc2)cc1)C(=O)Nc1sc2c(c1C(N)=O)CCCC2. The Bertz CT molecular complexity index is 1730. The summed E-state index contributed by atoms with van der Waals surface area (Å²) in [7, 11) is 0. The number of nitrogens with two attached hydrogens (primary N) is 1. The molecule has 6 rings (SSSR count). The first kappa shape index (κ1) is 27.2. The van der Waals surface area contributed by atoms with Crippen LogP contribution in [0.25, 0.3) is 6.08 Å². The summed E-state index contributed by atoms with van der Waals surface area (Å²) >= 11 is 1.38. The molecule has 0 saturated heterocycles. The standard InChI is InChI=1S/C34H29N5O2S/c35-21-25(33(41)37-34-31(32(36)40)27-13-7-8-14-30(27)42-34)19-22-15-17-26(18-16-22)39-29(24-11-5-2-6-12-24)20-28(38-39)23-9-3-1-4-10-23/h1-6,9-12,15-19,29H,7-8,13-14,20H2,(H2,36,40)(H,37,41). The molecule has 2 heterocycles. The number of rotatable bonds is 7. The van der Waals surface area contributed by atoms with Gasteiger partial charge in [0.2, 0.25) is 0 Å². The monoisotopic (exact) mass is 571 g/mol. The van der Waals surface area contributed by atoms with Crippen LogP contribution in [0.1, 0.15) is 62.8 Å². The molecule has 2 amide bonds. The number of hydrazone groups is 1. The van der Waals surface area contributed by atoms with Crippen molar-refractivity contribution in [3.8, 4) is 6.07 Å². The number of primary amides is 1. The Morgan fingerprint density at radius 2 is 1.67 bits per heavy atom. The van der Waals surface area contributed by atoms with E-state index in [0.29, 0.717) is 16.1 Å². The van der Waals surface area contributed by atoms with E-state index in [-0.39, 0.29) is 11.6 Å². The number of amides is 2. The van der Waals surface area contributed by atoms with Gasteiger partial charge >= 0.3 is 0 Å². The quantitative estimate of drug-likeness (QED) is 0.192. The molecule has 42 heavy (non-hydrogen) atoms. The van der Waals surface area contributed by atoms with Gasteiger partial charge in [-0.05, 0) is 66.1 Å². The summed E-state index contributed by atoms with van der Waals surface area (Å²) < 4.78 is 0. The predicted octanol–water partition coefficient (Wildman–Crippen LogP) is 6.63. The number of fused-ring (bicyclic) bond motifs is 1. The van der Waals surface area contributed by atoms with E-state index in [4.69, 9.17) is 10.8 Å². The van der Waals surface area contributed by atoms with Crippen LogP contribution >= 0.6 is 11.3 Å². The number of aryl methyl sites for hydroxylation is 1. The molecule has 0 spiro atoms. The van der Waals surface area contributed by atoms with Crippen LogP contribution in [-0.4, -0.2) is 17.5 Å². The molecule has 1 aliphatic carbocycles. The van der Waals surface area contributed by atoms with E-state index in [1.807, 2.05) is 71.7 Å². The topological polar surface area (TPSA) is 112 Å². The number of nitriles is 1. The van der Waals surface area contributed by atoms with Crippen LogP contribution in [0, 0.1) is 11.3 Å². The second kappa shape index (κ2) is 11.9. The summed E-state index contributed by atoms with van der Waals surface area (Å²) in [6.45, 7) is 0. The lowest BCUT2D eigenvalue weighted by Crippen LogP contribution is -2.19. The maximum Gasteiger partial charge on any atom is 0.266 e. The Kier molecular flexibility index (Phi) is 7.67. The predicted molar refractivity (Wildman–Crippen MR) is 167 cm³/mol. The minimum Gasteiger partial charge on any atom is -0.365 e. The zero-order chi connectivity index (χ0) is 29.1. The fraction of sp³-hybridized carbons (Fsp3) is 0.176. The summed E-state index contributed by atoms with van der Waals surface area (Å²) in [5.74, 6) is -1.12. The number of benzene rings is 3. The largest absolute Gasteiger partial charge is 0.365 e. The summed E-state index contributed by atoms with van der Waals surface area (Å²) in [6, 6.07) is 30.2. The van der Waals surface area contributed by atoms with E-state index in [1.165, 1.54) is 16.9 Å². The van der Waals surface area contributed by atoms with E-state index in [9.17, 15) is 14.9 Å². The van der Waals surface area contributed by atoms with Crippen LogP contribution in [0.4, 0.5) is 10.7 Å². The second-order valence-electron chi connectivity index (χ2n) is 10.4. The van der Waals surface area contributed by atoms with Crippen LogP contribution in [0.5, 0.6) is 0 Å². The van der Waals surface area contributed by atoms with Gasteiger partial charge in [0, 0.05) is 11.3 Å². The van der Waals surface area contributed by atoms with E-state index < -0.39 is 11.8 Å². The van der Waals surface area contributed by atoms with Gasteiger partial charge in [0.1, 0.15) is 16.6 Å². The van der Waals surface area contributed by atoms with E-state index >= 15 is 0 Å². The van der Waals surface area contributed by atoms with Crippen LogP contribution < -0.4 is 16.1 Å². The van der Waals surface area contributed by atoms with Gasteiger partial charge < -0.3 is 11.1 Å². The zero-order valence-electron chi connectivity index (χ0n) is 22.9. The van der Waals surface area contributed by atoms with Gasteiger partial charge in [-0.2, -0.15) is 10.4 Å². The third-order valence-corrected chi connectivity index (χ3v) is 8.89. The molecular formula is C34H29N5O2S. The van der Waals surface area contributed by atoms with Crippen molar-refractivity contribution in [2.24, 2.45) is 10.8 Å². The molecule has 0 saturated carbocycles. The van der Waals surface area contributed by atoms with Gasteiger partial charge in [0.25, 0.3) is 11.8 Å². The van der Waals surface area contributed by atoms with E-state index in [0.717, 1.165) is 59.5 Å². The molecule has 3 N–H and O–H groups in total. The first-order valence-corrected chi connectivity index (χ1v) is 14.8. The van der Waals surface area contributed by atoms with Gasteiger partial charge in [-0.1, -0.05) is 72.8 Å². The summed E-state index contributed by atoms with van der Waals surface area (Å²) in [5.41, 5.74) is 11.8. The minimum atomic E-state index is -0.566. The molecule has 208 valence electrons. The van der Waals surface area contributed by atoms with Crippen molar-refractivity contribution >= 4 is 45.6 Å². The average Bonchev–Trinajstić information content (AvgIpc) is 3.63. The first-order chi connectivity index (χ1) is 20.5. The Morgan fingerprint density at radius 3 is 2.36 bits per heavy atom. The lowest BCUT2D eigenvalue weighted by molar-refractivity contribution is -0.112. The minimum absolute atomic E-state index is 0.0410. The van der Waals surface area contributed by atoms with Crippen molar-refractivity contribution in [1.82, 2.24) is 0 Å². The van der Waals surface area contributed by atoms with Crippen LogP contribution in [0.15, 0.2) is 95.6 Å². The van der Waals surface area contributed by atoms with Crippen LogP contribution in [-0.2, 0) is 17.6 Å². The summed E-state index contributed by atoms with van der Waals surface area (Å²) in [6.07, 6.45) is 5.98. The number of carbonyl (C=O) groups is 2. The molecule has 2 aliphatic rings. The van der Waals surface area contributed by atoms with E-state index in [1.54, 1.807) is 6.08 Å². The van der Waals surface area contributed by atoms with Crippen molar-refractivity contribution in [2.75, 3.05) is 10.3 Å². The fourth-order valence-electron chi connectivity index (χ4n) is 5.61. The molecule has 1 unspecified atom stereocenters. The molecule has 4 aromatic rings. The smallest absolute Gasteiger partial charge is 0.266 e. The van der Waals surface area contributed by atoms with Crippen molar-refractivity contribution in [1.29, 1.82) is 5.26 Å². The highest BCUT2D eigenvalue weighted by Gasteiger charge is 2.30. The molecule has 0 radical (unpaired) electrons. The highest BCUT2D eigenvalue weighted by Crippen LogP contribution is 2.39. The van der Waals surface area contributed by atoms with Gasteiger partial charge in [0.15, 0.2) is 0 Å². The van der Waals surface area contributed by atoms with E-state index in [2.05, 4.69) is 29.6 Å². The first-order valence-electron chi connectivity index (χ1n) is 14.0. The molecule has 1 aromatic heterocycles. The van der Waals surface area contributed by atoms with Crippen LogP contribution in [0.3, 0.4) is 0 Å². The number of carbonyl (C=O) groups excluding carboxylic acids is 2. The molecule has 1 aliphatic heterocycles. The molecular weight excluding hydrogens is 542 g/mol. The summed E-state index contributed by atoms with van der Waals surface area (Å²) in [5, 5.41) is 20.0. The lowest BCUT2D eigenvalue weighted by Gasteiger charge is -2.24. The molecule has 0 bridgehead atoms. The number of hydrogen-bond donors (Lipinski definition) is 2. The van der Waals surface area contributed by atoms with Crippen molar-refractivity contribution in [3.05, 3.63) is 123 Å². The summed E-state index contributed by atoms with van der Waals surface area (Å²) in [4.78, 5) is 26.4. The van der Waals surface area contributed by atoms with Crippen molar-refractivity contribution < 1.29 is 9.59 Å². The van der Waals surface area contributed by atoms with Gasteiger partial charge in [-0.25, -0.2) is 0 Å². The average molecular weight is 572 g/mol. The van der Waals surface area contributed by atoms with Crippen LogP contribution in [0.2, 0.25) is 0 Å². The number of hydrogen-bond acceptors (Lipinski definition) is 6. The third kappa shape index (κ3) is 5.47. The Labute approximate surface area is 248 Å². The normalized spacial score (nSPS) is 16.4. The molecule has 8 heteroatoms. The number of nitrogens with one attached hydrogen (secondary N) is 1. The molecule has 0 fully saturated rings. The highest BCUT2D eigenvalue weighted by molar-refractivity contribution is 7.17. The maximum absolute atomic E-state index is 13.1.